The van der Waals surface area contributed by atoms with Crippen molar-refractivity contribution >= 4 is 16.7 Å². The van der Waals surface area contributed by atoms with Crippen LogP contribution in [0, 0.1) is 0 Å². The highest BCUT2D eigenvalue weighted by Gasteiger charge is 2.08. The van der Waals surface area contributed by atoms with Crippen molar-refractivity contribution in [2.75, 3.05) is 25.6 Å². The minimum atomic E-state index is 0.729. The van der Waals surface area contributed by atoms with E-state index in [1.165, 1.54) is 16.5 Å². The molecule has 0 aliphatic carbocycles. The van der Waals surface area contributed by atoms with Crippen molar-refractivity contribution in [1.29, 1.82) is 0 Å². The van der Waals surface area contributed by atoms with Crippen molar-refractivity contribution in [3.63, 3.8) is 0 Å². The minimum absolute atomic E-state index is 0.729. The Morgan fingerprint density at radius 3 is 2.74 bits per heavy atom. The number of aromatic nitrogens is 1. The van der Waals surface area contributed by atoms with E-state index >= 15 is 0 Å². The fourth-order valence-corrected chi connectivity index (χ4v) is 2.31. The average molecular weight is 258 g/mol. The topological polar surface area (TPSA) is 34.2 Å². The molecule has 0 aliphatic heterocycles. The highest BCUT2D eigenvalue weighted by atomic mass is 16.5. The lowest BCUT2D eigenvalue weighted by atomic mass is 10.0. The van der Waals surface area contributed by atoms with Crippen LogP contribution in [0.5, 0.6) is 0 Å². The third kappa shape index (κ3) is 3.04. The van der Waals surface area contributed by atoms with Gasteiger partial charge in [-0.2, -0.15) is 0 Å². The van der Waals surface area contributed by atoms with Crippen molar-refractivity contribution in [1.82, 2.24) is 4.98 Å². The lowest BCUT2D eigenvalue weighted by molar-refractivity contribution is 0.202. The molecule has 0 spiro atoms. The van der Waals surface area contributed by atoms with Crippen LogP contribution < -0.4 is 5.32 Å². The van der Waals surface area contributed by atoms with Gasteiger partial charge >= 0.3 is 0 Å². The van der Waals surface area contributed by atoms with Crippen LogP contribution in [0.15, 0.2) is 24.3 Å². The number of benzene rings is 1. The molecule has 0 fully saturated rings. The van der Waals surface area contributed by atoms with E-state index in [1.54, 1.807) is 7.11 Å². The van der Waals surface area contributed by atoms with Gasteiger partial charge < -0.3 is 10.1 Å². The maximum absolute atomic E-state index is 5.17. The summed E-state index contributed by atoms with van der Waals surface area (Å²) in [5.41, 5.74) is 3.62. The number of para-hydroxylation sites is 1. The van der Waals surface area contributed by atoms with Crippen LogP contribution >= 0.6 is 0 Å². The minimum Gasteiger partial charge on any atom is -0.384 e. The molecule has 3 heteroatoms. The van der Waals surface area contributed by atoms with Crippen LogP contribution in [0.2, 0.25) is 0 Å². The third-order valence-electron chi connectivity index (χ3n) is 3.31. The smallest absolute Gasteiger partial charge is 0.129 e. The molecule has 1 N–H and O–H groups in total. The Labute approximate surface area is 115 Å². The van der Waals surface area contributed by atoms with Crippen LogP contribution in [0.4, 0.5) is 5.82 Å². The standard InChI is InChI=1S/C16H22N2O/c1-4-12-11-14-8-6-7-13(9-10-19-3)15(14)18-16(12)17-5-2/h6-8,11H,4-5,9-10H2,1-3H3,(H,17,18). The highest BCUT2D eigenvalue weighted by molar-refractivity contribution is 5.84. The quantitative estimate of drug-likeness (QED) is 0.862. The lowest BCUT2D eigenvalue weighted by Gasteiger charge is -2.12. The van der Waals surface area contributed by atoms with Gasteiger partial charge in [0, 0.05) is 19.0 Å². The molecule has 2 rings (SSSR count). The Kier molecular flexibility index (Phi) is 4.74. The molecule has 1 aromatic carbocycles. The molecule has 1 heterocycles. The summed E-state index contributed by atoms with van der Waals surface area (Å²) in [7, 11) is 1.73. The Morgan fingerprint density at radius 2 is 2.05 bits per heavy atom. The second kappa shape index (κ2) is 6.53. The van der Waals surface area contributed by atoms with Crippen LogP contribution in [0.3, 0.4) is 0 Å². The Morgan fingerprint density at radius 1 is 1.21 bits per heavy atom. The van der Waals surface area contributed by atoms with Crippen molar-refractivity contribution < 1.29 is 4.74 Å². The fourth-order valence-electron chi connectivity index (χ4n) is 2.31. The van der Waals surface area contributed by atoms with E-state index in [2.05, 4.69) is 43.4 Å². The molecule has 0 aliphatic rings. The molecule has 0 bridgehead atoms. The predicted molar refractivity (Wildman–Crippen MR) is 80.9 cm³/mol. The molecule has 2 aromatic rings. The summed E-state index contributed by atoms with van der Waals surface area (Å²) in [6.45, 7) is 5.89. The van der Waals surface area contributed by atoms with Gasteiger partial charge in [0.1, 0.15) is 5.82 Å². The number of pyridine rings is 1. The Hall–Kier alpha value is -1.61. The van der Waals surface area contributed by atoms with E-state index in [0.29, 0.717) is 0 Å². The second-order valence-corrected chi connectivity index (χ2v) is 4.61. The monoisotopic (exact) mass is 258 g/mol. The normalized spacial score (nSPS) is 10.9. The summed E-state index contributed by atoms with van der Waals surface area (Å²) in [6.07, 6.45) is 1.89. The van der Waals surface area contributed by atoms with Gasteiger partial charge in [0.2, 0.25) is 0 Å². The summed E-state index contributed by atoms with van der Waals surface area (Å²) in [5, 5.41) is 4.58. The average Bonchev–Trinajstić information content (AvgIpc) is 2.44. The first-order chi connectivity index (χ1) is 9.30. The van der Waals surface area contributed by atoms with Gasteiger partial charge in [-0.3, -0.25) is 0 Å². The number of methoxy groups -OCH3 is 1. The molecule has 0 atom stereocenters. The number of nitrogens with one attached hydrogen (secondary N) is 1. The maximum atomic E-state index is 5.17. The van der Waals surface area contributed by atoms with Gasteiger partial charge in [-0.15, -0.1) is 0 Å². The van der Waals surface area contributed by atoms with Crippen molar-refractivity contribution in [2.24, 2.45) is 0 Å². The summed E-state index contributed by atoms with van der Waals surface area (Å²) < 4.78 is 5.17. The first-order valence-electron chi connectivity index (χ1n) is 6.94. The summed E-state index contributed by atoms with van der Waals surface area (Å²) in [4.78, 5) is 4.82. The second-order valence-electron chi connectivity index (χ2n) is 4.61. The SMILES string of the molecule is CCNc1nc2c(CCOC)cccc2cc1CC. The van der Waals surface area contributed by atoms with E-state index in [0.717, 1.165) is 37.3 Å². The summed E-state index contributed by atoms with van der Waals surface area (Å²) >= 11 is 0. The lowest BCUT2D eigenvalue weighted by Crippen LogP contribution is -2.05. The van der Waals surface area contributed by atoms with Crippen LogP contribution in [-0.4, -0.2) is 25.2 Å². The zero-order valence-electron chi connectivity index (χ0n) is 12.0. The van der Waals surface area contributed by atoms with Crippen LogP contribution in [-0.2, 0) is 17.6 Å². The number of ether oxygens (including phenoxy) is 1. The van der Waals surface area contributed by atoms with Crippen molar-refractivity contribution in [2.45, 2.75) is 26.7 Å². The van der Waals surface area contributed by atoms with Crippen molar-refractivity contribution in [3.8, 4) is 0 Å². The molecule has 3 nitrogen and oxygen atoms in total. The number of aryl methyl sites for hydroxylation is 1. The first-order valence-corrected chi connectivity index (χ1v) is 6.94. The van der Waals surface area contributed by atoms with Crippen LogP contribution in [0.1, 0.15) is 25.0 Å². The predicted octanol–water partition coefficient (Wildman–Crippen LogP) is 3.42. The van der Waals surface area contributed by atoms with Gasteiger partial charge in [-0.05, 0) is 37.0 Å². The first kappa shape index (κ1) is 13.8. The van der Waals surface area contributed by atoms with E-state index < -0.39 is 0 Å². The fraction of sp³-hybridized carbons (Fsp3) is 0.438. The van der Waals surface area contributed by atoms with E-state index in [1.807, 2.05) is 0 Å². The number of hydrogen-bond acceptors (Lipinski definition) is 3. The molecule has 0 saturated carbocycles. The van der Waals surface area contributed by atoms with Crippen molar-refractivity contribution in [3.05, 3.63) is 35.4 Å². The highest BCUT2D eigenvalue weighted by Crippen LogP contribution is 2.24. The molecule has 102 valence electrons. The van der Waals surface area contributed by atoms with Gasteiger partial charge in [-0.25, -0.2) is 4.98 Å². The largest absolute Gasteiger partial charge is 0.384 e. The van der Waals surface area contributed by atoms with Gasteiger partial charge in [0.25, 0.3) is 0 Å². The third-order valence-corrected chi connectivity index (χ3v) is 3.31. The van der Waals surface area contributed by atoms with E-state index in [4.69, 9.17) is 9.72 Å². The number of hydrogen-bond donors (Lipinski definition) is 1. The summed E-state index contributed by atoms with van der Waals surface area (Å²) in [6, 6.07) is 8.61. The molecular weight excluding hydrogens is 236 g/mol. The summed E-state index contributed by atoms with van der Waals surface area (Å²) in [5.74, 6) is 1.02. The Balaban J connectivity index is 2.51. The number of nitrogens with zero attached hydrogens (tertiary/aromatic N) is 1. The number of rotatable bonds is 6. The van der Waals surface area contributed by atoms with Gasteiger partial charge in [-0.1, -0.05) is 25.1 Å². The van der Waals surface area contributed by atoms with Crippen LogP contribution in [0.25, 0.3) is 10.9 Å². The molecule has 0 radical (unpaired) electrons. The molecular formula is C16H22N2O. The molecule has 1 aromatic heterocycles. The molecule has 0 amide bonds. The van der Waals surface area contributed by atoms with E-state index in [9.17, 15) is 0 Å². The Bertz CT molecular complexity index is 552. The molecule has 0 unspecified atom stereocenters. The number of anilines is 1. The van der Waals surface area contributed by atoms with Gasteiger partial charge in [0.05, 0.1) is 12.1 Å². The zero-order valence-corrected chi connectivity index (χ0v) is 12.0. The number of fused-ring (bicyclic) bond motifs is 1. The molecule has 0 saturated heterocycles. The zero-order chi connectivity index (χ0) is 13.7. The maximum Gasteiger partial charge on any atom is 0.129 e. The van der Waals surface area contributed by atoms with E-state index in [-0.39, 0.29) is 0 Å². The van der Waals surface area contributed by atoms with Gasteiger partial charge in [0.15, 0.2) is 0 Å². The molecule has 19 heavy (non-hydrogen) atoms.